The number of amides is 4. The fourth-order valence-corrected chi connectivity index (χ4v) is 11.8. The van der Waals surface area contributed by atoms with Crippen LogP contribution in [0.2, 0.25) is 0 Å². The number of carbonyl (C=O) groups is 13. The minimum absolute atomic E-state index is 0.0188. The quantitative estimate of drug-likeness (QED) is 0.0372. The molecule has 0 bridgehead atoms. The largest absolute Gasteiger partial charge is 0.469 e. The van der Waals surface area contributed by atoms with Gasteiger partial charge >= 0.3 is 53.7 Å². The van der Waals surface area contributed by atoms with Gasteiger partial charge < -0.3 is 71.1 Å². The Morgan fingerprint density at radius 1 is 0.381 bits per heavy atom. The zero-order chi connectivity index (χ0) is 69.8. The van der Waals surface area contributed by atoms with Crippen molar-refractivity contribution in [3.8, 4) is 0 Å². The van der Waals surface area contributed by atoms with Crippen molar-refractivity contribution >= 4 is 77.4 Å². The van der Waals surface area contributed by atoms with Crippen LogP contribution in [-0.4, -0.2) is 213 Å². The van der Waals surface area contributed by atoms with Gasteiger partial charge in [-0.25, -0.2) is 9.59 Å². The number of ether oxygens (including phenoxy) is 15. The SMILES string of the molecule is COC(=O)CCCCCO[C@H]1O[C@H](CO[C@@H]2O[C@H](COC(C)=O)[C@@H](OC(C)=O)[C@H](OC(C)=O)[C@@H]2N2C(=O)c3ccccc3C2=O)[C@H](OC(=O)c2ccccc2)[C@H](O[C@@H]2O[C@H](COC(C)=O)[C@@H](OC(C)=O)[C@H](OC(C)=O)[C@@H]2N2C(=O)c3ccccc3C2=O)[C@H]1OC(=O)c1ccccc1. The summed E-state index contributed by atoms with van der Waals surface area (Å²) in [5.74, 6) is -12.5. The van der Waals surface area contributed by atoms with E-state index in [0.717, 1.165) is 41.5 Å². The first-order valence-corrected chi connectivity index (χ1v) is 30.8. The summed E-state index contributed by atoms with van der Waals surface area (Å²) in [5, 5.41) is 0. The number of carbonyl (C=O) groups excluding carboxylic acids is 13. The average molecular weight is 1350 g/mol. The van der Waals surface area contributed by atoms with Crippen molar-refractivity contribution in [2.45, 2.75) is 159 Å². The van der Waals surface area contributed by atoms with E-state index in [1.54, 1.807) is 12.1 Å². The Kier molecular flexibility index (Phi) is 23.8. The number of methoxy groups -OCH3 is 1. The van der Waals surface area contributed by atoms with E-state index in [1.165, 1.54) is 104 Å². The van der Waals surface area contributed by atoms with Crippen molar-refractivity contribution in [2.75, 3.05) is 33.5 Å². The first kappa shape index (κ1) is 71.4. The summed E-state index contributed by atoms with van der Waals surface area (Å²) in [6.45, 7) is 3.25. The number of nitrogens with zero attached hydrogens (tertiary/aromatic N) is 2. The summed E-state index contributed by atoms with van der Waals surface area (Å²) >= 11 is 0. The molecule has 5 heterocycles. The summed E-state index contributed by atoms with van der Waals surface area (Å²) < 4.78 is 91.9. The smallest absolute Gasteiger partial charge is 0.338 e. The van der Waals surface area contributed by atoms with Crippen LogP contribution in [0.15, 0.2) is 109 Å². The highest BCUT2D eigenvalue weighted by Gasteiger charge is 2.62. The van der Waals surface area contributed by atoms with Crippen LogP contribution in [0.1, 0.15) is 129 Å². The van der Waals surface area contributed by atoms with E-state index in [4.69, 9.17) is 71.1 Å². The normalized spacial score (nSPS) is 26.5. The summed E-state index contributed by atoms with van der Waals surface area (Å²) in [7, 11) is 1.23. The number of unbranched alkanes of at least 4 members (excludes halogenated alkanes) is 2. The molecule has 3 saturated heterocycles. The molecule has 15 atom stereocenters. The zero-order valence-electron chi connectivity index (χ0n) is 53.5. The summed E-state index contributed by atoms with van der Waals surface area (Å²) in [6.07, 6.45) is -24.4. The highest BCUT2D eigenvalue weighted by molar-refractivity contribution is 6.22. The van der Waals surface area contributed by atoms with Crippen LogP contribution in [0.25, 0.3) is 0 Å². The van der Waals surface area contributed by atoms with E-state index in [-0.39, 0.29) is 52.8 Å². The van der Waals surface area contributed by atoms with Crippen LogP contribution in [-0.2, 0) is 105 Å². The van der Waals surface area contributed by atoms with Gasteiger partial charge in [-0.3, -0.25) is 62.5 Å². The second kappa shape index (κ2) is 32.3. The maximum Gasteiger partial charge on any atom is 0.338 e. The summed E-state index contributed by atoms with van der Waals surface area (Å²) in [5.41, 5.74) is -0.715. The monoisotopic (exact) mass is 1350 g/mol. The summed E-state index contributed by atoms with van der Waals surface area (Å²) in [6, 6.07) is 22.0. The van der Waals surface area contributed by atoms with Crippen LogP contribution in [0.3, 0.4) is 0 Å². The Bertz CT molecular complexity index is 3550. The molecule has 516 valence electrons. The van der Waals surface area contributed by atoms with Gasteiger partial charge in [0.25, 0.3) is 23.6 Å². The van der Waals surface area contributed by atoms with Gasteiger partial charge in [0, 0.05) is 54.6 Å². The molecule has 3 fully saturated rings. The number of benzene rings is 4. The van der Waals surface area contributed by atoms with Gasteiger partial charge in [0.2, 0.25) is 0 Å². The molecule has 97 heavy (non-hydrogen) atoms. The average Bonchev–Trinajstić information content (AvgIpc) is 1.64. The van der Waals surface area contributed by atoms with Crippen LogP contribution >= 0.6 is 0 Å². The second-order valence-corrected chi connectivity index (χ2v) is 22.7. The van der Waals surface area contributed by atoms with Gasteiger partial charge in [-0.15, -0.1) is 0 Å². The molecule has 4 aromatic rings. The molecular weight excluding hydrogens is 1280 g/mol. The van der Waals surface area contributed by atoms with Crippen LogP contribution in [0.5, 0.6) is 0 Å². The highest BCUT2D eigenvalue weighted by atomic mass is 16.8. The topological polar surface area (TPSA) is 367 Å². The molecule has 0 aliphatic carbocycles. The van der Waals surface area contributed by atoms with Crippen molar-refractivity contribution in [3.63, 3.8) is 0 Å². The maximum atomic E-state index is 15.0. The van der Waals surface area contributed by atoms with Crippen molar-refractivity contribution in [3.05, 3.63) is 143 Å². The van der Waals surface area contributed by atoms with E-state index >= 15 is 0 Å². The van der Waals surface area contributed by atoms with E-state index < -0.39 is 189 Å². The summed E-state index contributed by atoms with van der Waals surface area (Å²) in [4.78, 5) is 180. The maximum absolute atomic E-state index is 15.0. The minimum atomic E-state index is -2.25. The minimum Gasteiger partial charge on any atom is -0.469 e. The van der Waals surface area contributed by atoms with E-state index in [0.29, 0.717) is 22.6 Å². The van der Waals surface area contributed by atoms with E-state index in [1.807, 2.05) is 0 Å². The molecule has 30 heteroatoms. The molecule has 5 aliphatic heterocycles. The van der Waals surface area contributed by atoms with Gasteiger partial charge in [0.1, 0.15) is 49.7 Å². The molecule has 9 rings (SSSR count). The Labute approximate surface area is 554 Å². The molecule has 0 radical (unpaired) electrons. The molecule has 0 spiro atoms. The number of hydrogen-bond donors (Lipinski definition) is 0. The molecule has 0 saturated carbocycles. The number of esters is 9. The third-order valence-corrected chi connectivity index (χ3v) is 15.9. The molecule has 30 nitrogen and oxygen atoms in total. The van der Waals surface area contributed by atoms with Crippen molar-refractivity contribution in [1.29, 1.82) is 0 Å². The Morgan fingerprint density at radius 2 is 0.753 bits per heavy atom. The standard InChI is InChI=1S/C67H70N2O28/c1-34(70)85-31-46-52(88-36(3)72)55(90-38(5)74)50(68-59(77)42-25-16-17-26-43(42)60(68)78)65(92-46)87-33-48-54(95-63(81)40-21-11-8-12-22-40)57(58(96-64(82)41-23-13-9-14-24-41)67(94-48)84-30-20-10-15-29-49(76)83-7)97-66-51(69-61(79)44-27-18-19-28-45(44)62(69)80)56(91-39(6)75)53(89-37(4)73)47(93-66)32-86-35(2)71/h8-9,11-14,16-19,21-28,46-48,50-58,65-67H,10,15,20,29-33H2,1-7H3/t46-,47-,48-,50+,51+,52-,53-,54+,55-,56-,57+,58-,65-,66+,67+/m1/s1. The van der Waals surface area contributed by atoms with E-state index in [2.05, 4.69) is 0 Å². The molecule has 0 N–H and O–H groups in total. The second-order valence-electron chi connectivity index (χ2n) is 22.7. The van der Waals surface area contributed by atoms with Gasteiger partial charge in [-0.2, -0.15) is 0 Å². The molecule has 5 aliphatic rings. The predicted molar refractivity (Wildman–Crippen MR) is 321 cm³/mol. The fraction of sp³-hybridized carbons (Fsp3) is 0.448. The predicted octanol–water partition coefficient (Wildman–Crippen LogP) is 3.95. The molecule has 4 aromatic carbocycles. The number of hydrogen-bond acceptors (Lipinski definition) is 28. The van der Waals surface area contributed by atoms with Gasteiger partial charge in [0.05, 0.1) is 47.1 Å². The first-order chi connectivity index (χ1) is 46.4. The van der Waals surface area contributed by atoms with Crippen LogP contribution in [0, 0.1) is 0 Å². The Balaban J connectivity index is 1.24. The lowest BCUT2D eigenvalue weighted by Gasteiger charge is -2.51. The number of rotatable bonds is 26. The lowest BCUT2D eigenvalue weighted by Crippen LogP contribution is -2.70. The number of fused-ring (bicyclic) bond motifs is 2. The molecular formula is C67H70N2O28. The van der Waals surface area contributed by atoms with Crippen LogP contribution in [0.4, 0.5) is 0 Å². The molecule has 4 amide bonds. The zero-order valence-corrected chi connectivity index (χ0v) is 53.5. The third kappa shape index (κ3) is 16.9. The molecule has 0 aromatic heterocycles. The van der Waals surface area contributed by atoms with Crippen molar-refractivity contribution < 1.29 is 133 Å². The van der Waals surface area contributed by atoms with Crippen molar-refractivity contribution in [1.82, 2.24) is 9.80 Å². The Morgan fingerprint density at radius 3 is 1.18 bits per heavy atom. The van der Waals surface area contributed by atoms with Crippen LogP contribution < -0.4 is 0 Å². The molecule has 0 unspecified atom stereocenters. The van der Waals surface area contributed by atoms with Gasteiger partial charge in [0.15, 0.2) is 55.5 Å². The van der Waals surface area contributed by atoms with Gasteiger partial charge in [-0.05, 0) is 61.4 Å². The highest BCUT2D eigenvalue weighted by Crippen LogP contribution is 2.41. The van der Waals surface area contributed by atoms with Crippen molar-refractivity contribution in [2.24, 2.45) is 0 Å². The van der Waals surface area contributed by atoms with Gasteiger partial charge in [-0.1, -0.05) is 67.1 Å². The lowest BCUT2D eigenvalue weighted by molar-refractivity contribution is -0.356. The Hall–Kier alpha value is -9.85. The first-order valence-electron chi connectivity index (χ1n) is 30.8. The van der Waals surface area contributed by atoms with E-state index in [9.17, 15) is 62.3 Å². The fourth-order valence-electron chi connectivity index (χ4n) is 11.8. The lowest BCUT2D eigenvalue weighted by atomic mass is 9.93. The number of imide groups is 2. The third-order valence-electron chi connectivity index (χ3n) is 15.9.